The normalized spacial score (nSPS) is 12.9. The standard InChI is InChI=1S/C14H21NO3/c1-14(2,3)9-12(13(16)17)15-10-5-7-11(18-4)8-6-10/h5-8,12,15H,9H2,1-4H3,(H,16,17). The van der Waals surface area contributed by atoms with Crippen LogP contribution in [0, 0.1) is 5.41 Å². The van der Waals surface area contributed by atoms with Crippen molar-refractivity contribution in [3.8, 4) is 5.75 Å². The maximum Gasteiger partial charge on any atom is 0.326 e. The minimum absolute atomic E-state index is 0.0392. The Kier molecular flexibility index (Phi) is 4.59. The smallest absolute Gasteiger partial charge is 0.326 e. The first-order valence-corrected chi connectivity index (χ1v) is 5.95. The van der Waals surface area contributed by atoms with Gasteiger partial charge < -0.3 is 15.2 Å². The molecule has 0 spiro atoms. The van der Waals surface area contributed by atoms with E-state index in [0.29, 0.717) is 6.42 Å². The van der Waals surface area contributed by atoms with Crippen molar-refractivity contribution in [3.63, 3.8) is 0 Å². The van der Waals surface area contributed by atoms with E-state index >= 15 is 0 Å². The van der Waals surface area contributed by atoms with E-state index in [2.05, 4.69) is 5.32 Å². The molecule has 100 valence electrons. The number of hydrogen-bond donors (Lipinski definition) is 2. The van der Waals surface area contributed by atoms with Crippen molar-refractivity contribution < 1.29 is 14.6 Å². The molecule has 0 bridgehead atoms. The Hall–Kier alpha value is -1.71. The van der Waals surface area contributed by atoms with E-state index in [1.165, 1.54) is 0 Å². The zero-order valence-electron chi connectivity index (χ0n) is 11.4. The summed E-state index contributed by atoms with van der Waals surface area (Å²) < 4.78 is 5.06. The first-order chi connectivity index (χ1) is 8.31. The minimum Gasteiger partial charge on any atom is -0.497 e. The van der Waals surface area contributed by atoms with Crippen LogP contribution in [0.1, 0.15) is 27.2 Å². The van der Waals surface area contributed by atoms with Crippen LogP contribution in [-0.4, -0.2) is 24.2 Å². The Balaban J connectivity index is 2.74. The van der Waals surface area contributed by atoms with Gasteiger partial charge in [0.15, 0.2) is 0 Å². The number of hydrogen-bond acceptors (Lipinski definition) is 3. The molecular weight excluding hydrogens is 230 g/mol. The van der Waals surface area contributed by atoms with Crippen LogP contribution < -0.4 is 10.1 Å². The number of methoxy groups -OCH3 is 1. The molecule has 0 radical (unpaired) electrons. The van der Waals surface area contributed by atoms with Crippen molar-refractivity contribution in [2.75, 3.05) is 12.4 Å². The molecule has 1 atom stereocenters. The Morgan fingerprint density at radius 1 is 1.33 bits per heavy atom. The zero-order valence-corrected chi connectivity index (χ0v) is 11.4. The van der Waals surface area contributed by atoms with Crippen molar-refractivity contribution in [1.82, 2.24) is 0 Å². The molecule has 1 aromatic rings. The fourth-order valence-corrected chi connectivity index (χ4v) is 1.70. The second-order valence-corrected chi connectivity index (χ2v) is 5.53. The lowest BCUT2D eigenvalue weighted by molar-refractivity contribution is -0.138. The highest BCUT2D eigenvalue weighted by atomic mass is 16.5. The monoisotopic (exact) mass is 251 g/mol. The molecule has 1 aromatic carbocycles. The molecule has 0 aromatic heterocycles. The lowest BCUT2D eigenvalue weighted by Gasteiger charge is -2.24. The van der Waals surface area contributed by atoms with Gasteiger partial charge in [0, 0.05) is 5.69 Å². The number of carboxylic acids is 1. The SMILES string of the molecule is COc1ccc(NC(CC(C)(C)C)C(=O)O)cc1. The molecule has 0 amide bonds. The van der Waals surface area contributed by atoms with Gasteiger partial charge in [-0.3, -0.25) is 0 Å². The number of benzene rings is 1. The molecule has 2 N–H and O–H groups in total. The number of ether oxygens (including phenoxy) is 1. The molecule has 0 aliphatic rings. The molecule has 0 fully saturated rings. The summed E-state index contributed by atoms with van der Waals surface area (Å²) in [5, 5.41) is 12.2. The third kappa shape index (κ3) is 4.65. The fraction of sp³-hybridized carbons (Fsp3) is 0.500. The Labute approximate surface area is 108 Å². The van der Waals surface area contributed by atoms with Crippen molar-refractivity contribution in [1.29, 1.82) is 0 Å². The second-order valence-electron chi connectivity index (χ2n) is 5.53. The summed E-state index contributed by atoms with van der Waals surface area (Å²) in [4.78, 5) is 11.2. The third-order valence-electron chi connectivity index (χ3n) is 2.55. The molecule has 4 heteroatoms. The van der Waals surface area contributed by atoms with E-state index < -0.39 is 12.0 Å². The molecule has 0 heterocycles. The summed E-state index contributed by atoms with van der Waals surface area (Å²) in [6, 6.07) is 6.66. The first kappa shape index (κ1) is 14.4. The number of carboxylic acid groups (broad SMARTS) is 1. The predicted molar refractivity (Wildman–Crippen MR) is 72.1 cm³/mol. The van der Waals surface area contributed by atoms with Gasteiger partial charge in [-0.25, -0.2) is 4.79 Å². The van der Waals surface area contributed by atoms with Crippen LogP contribution in [-0.2, 0) is 4.79 Å². The quantitative estimate of drug-likeness (QED) is 0.844. The summed E-state index contributed by atoms with van der Waals surface area (Å²) in [6.07, 6.45) is 0.564. The Morgan fingerprint density at radius 3 is 2.28 bits per heavy atom. The average molecular weight is 251 g/mol. The van der Waals surface area contributed by atoms with Gasteiger partial charge in [0.1, 0.15) is 11.8 Å². The van der Waals surface area contributed by atoms with Crippen LogP contribution in [0.15, 0.2) is 24.3 Å². The van der Waals surface area contributed by atoms with E-state index in [4.69, 9.17) is 4.74 Å². The van der Waals surface area contributed by atoms with Gasteiger partial charge in [0.2, 0.25) is 0 Å². The van der Waals surface area contributed by atoms with E-state index in [9.17, 15) is 9.90 Å². The van der Waals surface area contributed by atoms with E-state index in [1.807, 2.05) is 32.9 Å². The molecule has 18 heavy (non-hydrogen) atoms. The molecule has 4 nitrogen and oxygen atoms in total. The molecule has 0 aliphatic carbocycles. The van der Waals surface area contributed by atoms with Crippen molar-refractivity contribution >= 4 is 11.7 Å². The maximum atomic E-state index is 11.2. The zero-order chi connectivity index (χ0) is 13.8. The highest BCUT2D eigenvalue weighted by molar-refractivity contribution is 5.77. The Morgan fingerprint density at radius 2 is 1.89 bits per heavy atom. The molecule has 0 aliphatic heterocycles. The van der Waals surface area contributed by atoms with Crippen LogP contribution in [0.3, 0.4) is 0 Å². The topological polar surface area (TPSA) is 58.6 Å². The summed E-state index contributed by atoms with van der Waals surface area (Å²) in [5.74, 6) is -0.0796. The molecule has 0 saturated carbocycles. The van der Waals surface area contributed by atoms with Crippen LogP contribution in [0.4, 0.5) is 5.69 Å². The van der Waals surface area contributed by atoms with Crippen molar-refractivity contribution in [2.24, 2.45) is 5.41 Å². The Bertz CT molecular complexity index is 392. The maximum absolute atomic E-state index is 11.2. The van der Waals surface area contributed by atoms with Gasteiger partial charge in [-0.05, 0) is 36.1 Å². The van der Waals surface area contributed by atoms with Gasteiger partial charge >= 0.3 is 5.97 Å². The number of nitrogens with one attached hydrogen (secondary N) is 1. The van der Waals surface area contributed by atoms with Gasteiger partial charge in [0.25, 0.3) is 0 Å². The van der Waals surface area contributed by atoms with E-state index in [0.717, 1.165) is 11.4 Å². The molecule has 1 rings (SSSR count). The van der Waals surface area contributed by atoms with E-state index in [-0.39, 0.29) is 5.41 Å². The number of rotatable bonds is 5. The molecule has 0 saturated heterocycles. The van der Waals surface area contributed by atoms with Crippen LogP contribution in [0.2, 0.25) is 0 Å². The van der Waals surface area contributed by atoms with Crippen LogP contribution in [0.5, 0.6) is 5.75 Å². The lowest BCUT2D eigenvalue weighted by atomic mass is 9.88. The summed E-state index contributed by atoms with van der Waals surface area (Å²) in [5.41, 5.74) is 0.746. The van der Waals surface area contributed by atoms with Gasteiger partial charge in [-0.15, -0.1) is 0 Å². The number of anilines is 1. The van der Waals surface area contributed by atoms with Crippen LogP contribution >= 0.6 is 0 Å². The molecular formula is C14H21NO3. The van der Waals surface area contributed by atoms with Gasteiger partial charge in [-0.2, -0.15) is 0 Å². The van der Waals surface area contributed by atoms with Crippen LogP contribution in [0.25, 0.3) is 0 Å². The largest absolute Gasteiger partial charge is 0.497 e. The second kappa shape index (κ2) is 5.76. The number of aliphatic carboxylic acids is 1. The predicted octanol–water partition coefficient (Wildman–Crippen LogP) is 3.00. The van der Waals surface area contributed by atoms with Crippen molar-refractivity contribution in [2.45, 2.75) is 33.2 Å². The van der Waals surface area contributed by atoms with Gasteiger partial charge in [-0.1, -0.05) is 20.8 Å². The highest BCUT2D eigenvalue weighted by Crippen LogP contribution is 2.24. The van der Waals surface area contributed by atoms with E-state index in [1.54, 1.807) is 19.2 Å². The third-order valence-corrected chi connectivity index (χ3v) is 2.55. The average Bonchev–Trinajstić information content (AvgIpc) is 2.27. The molecule has 1 unspecified atom stereocenters. The summed E-state index contributed by atoms with van der Waals surface area (Å²) in [6.45, 7) is 6.08. The van der Waals surface area contributed by atoms with Gasteiger partial charge in [0.05, 0.1) is 7.11 Å². The first-order valence-electron chi connectivity index (χ1n) is 5.95. The van der Waals surface area contributed by atoms with Crippen molar-refractivity contribution in [3.05, 3.63) is 24.3 Å². The summed E-state index contributed by atoms with van der Waals surface area (Å²) in [7, 11) is 1.60. The minimum atomic E-state index is -0.833. The lowest BCUT2D eigenvalue weighted by Crippen LogP contribution is -2.33. The number of carbonyl (C=O) groups is 1. The summed E-state index contributed by atoms with van der Waals surface area (Å²) >= 11 is 0. The fourth-order valence-electron chi connectivity index (χ4n) is 1.70. The highest BCUT2D eigenvalue weighted by Gasteiger charge is 2.24.